The minimum absolute atomic E-state index is 0.0714. The van der Waals surface area contributed by atoms with Crippen LogP contribution in [0.1, 0.15) is 32.1 Å². The fourth-order valence-corrected chi connectivity index (χ4v) is 3.03. The van der Waals surface area contributed by atoms with Gasteiger partial charge in [0, 0.05) is 22.3 Å². The Morgan fingerprint density at radius 2 is 1.53 bits per heavy atom. The van der Waals surface area contributed by atoms with Gasteiger partial charge in [-0.2, -0.15) is 0 Å². The predicted octanol–water partition coefficient (Wildman–Crippen LogP) is 4.03. The third kappa shape index (κ3) is 8.62. The maximum atomic E-state index is 12.1. The monoisotopic (exact) mass is 476 g/mol. The highest BCUT2D eigenvalue weighted by Gasteiger charge is 2.20. The molecule has 0 bridgehead atoms. The van der Waals surface area contributed by atoms with Crippen LogP contribution in [0.15, 0.2) is 59.1 Å². The van der Waals surface area contributed by atoms with E-state index in [1.165, 1.54) is 0 Å². The zero-order valence-electron chi connectivity index (χ0n) is 16.4. The highest BCUT2D eigenvalue weighted by molar-refractivity contribution is 9.10. The molecule has 0 spiro atoms. The van der Waals surface area contributed by atoms with E-state index in [4.69, 9.17) is 5.21 Å². The number of hydroxylamine groups is 1. The number of nitrogens with one attached hydrogen (secondary N) is 4. The summed E-state index contributed by atoms with van der Waals surface area (Å²) in [6.45, 7) is 0. The lowest BCUT2D eigenvalue weighted by Crippen LogP contribution is -2.47. The average Bonchev–Trinajstić information content (AvgIpc) is 2.74. The maximum absolute atomic E-state index is 12.1. The summed E-state index contributed by atoms with van der Waals surface area (Å²) in [4.78, 5) is 35.9. The van der Waals surface area contributed by atoms with E-state index < -0.39 is 18.0 Å². The number of para-hydroxylation sites is 1. The van der Waals surface area contributed by atoms with Crippen LogP contribution < -0.4 is 21.4 Å². The van der Waals surface area contributed by atoms with E-state index in [0.29, 0.717) is 37.8 Å². The molecule has 0 unspecified atom stereocenters. The quantitative estimate of drug-likeness (QED) is 0.202. The largest absolute Gasteiger partial charge is 0.326 e. The number of rotatable bonds is 10. The van der Waals surface area contributed by atoms with Crippen molar-refractivity contribution in [3.8, 4) is 0 Å². The van der Waals surface area contributed by atoms with Gasteiger partial charge in [-0.05, 0) is 49.2 Å². The van der Waals surface area contributed by atoms with Gasteiger partial charge in [0.2, 0.25) is 5.91 Å². The molecule has 8 nitrogen and oxygen atoms in total. The molecule has 0 aliphatic heterocycles. The molecule has 9 heteroatoms. The van der Waals surface area contributed by atoms with Gasteiger partial charge in [0.05, 0.1) is 0 Å². The van der Waals surface area contributed by atoms with Crippen LogP contribution >= 0.6 is 15.9 Å². The number of amides is 4. The van der Waals surface area contributed by atoms with E-state index >= 15 is 0 Å². The molecule has 4 amide bonds. The number of urea groups is 1. The normalized spacial score (nSPS) is 11.3. The molecule has 30 heavy (non-hydrogen) atoms. The lowest BCUT2D eigenvalue weighted by Gasteiger charge is -2.17. The molecule has 0 radical (unpaired) electrons. The highest BCUT2D eigenvalue weighted by atomic mass is 79.9. The second kappa shape index (κ2) is 12.6. The number of hydrogen-bond acceptors (Lipinski definition) is 4. The van der Waals surface area contributed by atoms with Gasteiger partial charge in [-0.1, -0.05) is 47.0 Å². The summed E-state index contributed by atoms with van der Waals surface area (Å²) in [6.07, 6.45) is 2.66. The Hall–Kier alpha value is -2.91. The summed E-state index contributed by atoms with van der Waals surface area (Å²) in [5, 5.41) is 16.9. The first kappa shape index (κ1) is 23.4. The Bertz CT molecular complexity index is 831. The van der Waals surface area contributed by atoms with Crippen LogP contribution in [-0.2, 0) is 9.59 Å². The van der Waals surface area contributed by atoms with Crippen molar-refractivity contribution in [1.29, 1.82) is 0 Å². The van der Waals surface area contributed by atoms with Crippen molar-refractivity contribution in [2.24, 2.45) is 0 Å². The van der Waals surface area contributed by atoms with Crippen molar-refractivity contribution in [3.05, 3.63) is 59.1 Å². The summed E-state index contributed by atoms with van der Waals surface area (Å²) in [6, 6.07) is 14.8. The van der Waals surface area contributed by atoms with Gasteiger partial charge >= 0.3 is 6.03 Å². The number of halogens is 1. The number of carbonyl (C=O) groups excluding carboxylic acids is 3. The van der Waals surface area contributed by atoms with Crippen LogP contribution in [0, 0.1) is 0 Å². The average molecular weight is 477 g/mol. The summed E-state index contributed by atoms with van der Waals surface area (Å²) >= 11 is 3.31. The van der Waals surface area contributed by atoms with Crippen LogP contribution in [0.5, 0.6) is 0 Å². The molecule has 0 aliphatic carbocycles. The van der Waals surface area contributed by atoms with Gasteiger partial charge in [-0.15, -0.1) is 0 Å². The topological polar surface area (TPSA) is 120 Å². The van der Waals surface area contributed by atoms with E-state index in [1.807, 2.05) is 30.3 Å². The smallest absolute Gasteiger partial charge is 0.319 e. The van der Waals surface area contributed by atoms with E-state index in [2.05, 4.69) is 31.9 Å². The van der Waals surface area contributed by atoms with Crippen molar-refractivity contribution in [3.63, 3.8) is 0 Å². The summed E-state index contributed by atoms with van der Waals surface area (Å²) < 4.78 is 0.878. The molecule has 5 N–H and O–H groups in total. The van der Waals surface area contributed by atoms with Crippen LogP contribution in [0.4, 0.5) is 16.2 Å². The van der Waals surface area contributed by atoms with Gasteiger partial charge in [0.25, 0.3) is 5.91 Å². The molecular formula is C21H25BrN4O4. The summed E-state index contributed by atoms with van der Waals surface area (Å²) in [5.74, 6) is -0.763. The SMILES string of the molecule is O=C(CCCCC[C@H](NC(=O)Nc1ccc(Br)cc1)C(=O)NO)Nc1ccccc1. The Morgan fingerprint density at radius 3 is 2.20 bits per heavy atom. The Labute approximate surface area is 183 Å². The molecular weight excluding hydrogens is 452 g/mol. The van der Waals surface area contributed by atoms with E-state index in [1.54, 1.807) is 29.7 Å². The Kier molecular flexibility index (Phi) is 9.82. The molecule has 2 aromatic carbocycles. The van der Waals surface area contributed by atoms with Gasteiger partial charge < -0.3 is 16.0 Å². The van der Waals surface area contributed by atoms with E-state index in [0.717, 1.165) is 10.2 Å². The molecule has 0 aliphatic rings. The van der Waals surface area contributed by atoms with Crippen LogP contribution in [-0.4, -0.2) is 29.1 Å². The molecule has 2 aromatic rings. The molecule has 0 saturated heterocycles. The molecule has 0 aromatic heterocycles. The van der Waals surface area contributed by atoms with Crippen molar-refractivity contribution in [2.75, 3.05) is 10.6 Å². The molecule has 0 heterocycles. The second-order valence-corrected chi connectivity index (χ2v) is 7.56. The molecule has 160 valence electrons. The zero-order chi connectivity index (χ0) is 21.8. The Balaban J connectivity index is 1.71. The minimum Gasteiger partial charge on any atom is -0.326 e. The number of benzene rings is 2. The maximum Gasteiger partial charge on any atom is 0.319 e. The van der Waals surface area contributed by atoms with Crippen LogP contribution in [0.25, 0.3) is 0 Å². The lowest BCUT2D eigenvalue weighted by molar-refractivity contribution is -0.131. The van der Waals surface area contributed by atoms with Crippen molar-refractivity contribution in [2.45, 2.75) is 38.1 Å². The van der Waals surface area contributed by atoms with Crippen LogP contribution in [0.2, 0.25) is 0 Å². The van der Waals surface area contributed by atoms with Crippen molar-refractivity contribution < 1.29 is 19.6 Å². The first-order valence-electron chi connectivity index (χ1n) is 9.60. The number of carbonyl (C=O) groups is 3. The van der Waals surface area contributed by atoms with Gasteiger partial charge in [-0.3, -0.25) is 14.8 Å². The second-order valence-electron chi connectivity index (χ2n) is 6.65. The third-order valence-electron chi connectivity index (χ3n) is 4.29. The van der Waals surface area contributed by atoms with Crippen molar-refractivity contribution in [1.82, 2.24) is 10.8 Å². The zero-order valence-corrected chi connectivity index (χ0v) is 17.9. The Morgan fingerprint density at radius 1 is 0.867 bits per heavy atom. The third-order valence-corrected chi connectivity index (χ3v) is 4.82. The number of anilines is 2. The fraction of sp³-hybridized carbons (Fsp3) is 0.286. The summed E-state index contributed by atoms with van der Waals surface area (Å²) in [7, 11) is 0. The van der Waals surface area contributed by atoms with E-state index in [9.17, 15) is 14.4 Å². The van der Waals surface area contributed by atoms with Crippen LogP contribution in [0.3, 0.4) is 0 Å². The molecule has 2 rings (SSSR count). The number of hydrogen-bond donors (Lipinski definition) is 5. The molecule has 0 fully saturated rings. The predicted molar refractivity (Wildman–Crippen MR) is 118 cm³/mol. The van der Waals surface area contributed by atoms with Gasteiger partial charge in [-0.25, -0.2) is 10.3 Å². The molecule has 1 atom stereocenters. The standard InChI is InChI=1S/C21H25BrN4O4/c22-15-11-13-17(14-12-15)24-21(29)25-18(20(28)26-30)9-5-2-6-10-19(27)23-16-7-3-1-4-8-16/h1,3-4,7-8,11-14,18,30H,2,5-6,9-10H2,(H,23,27)(H,26,28)(H2,24,25,29)/t18-/m0/s1. The first-order valence-corrected chi connectivity index (χ1v) is 10.4. The minimum atomic E-state index is -0.886. The van der Waals surface area contributed by atoms with E-state index in [-0.39, 0.29) is 5.91 Å². The number of unbranched alkanes of at least 4 members (excludes halogenated alkanes) is 2. The lowest BCUT2D eigenvalue weighted by atomic mass is 10.1. The highest BCUT2D eigenvalue weighted by Crippen LogP contribution is 2.14. The molecule has 0 saturated carbocycles. The first-order chi connectivity index (χ1) is 14.5. The van der Waals surface area contributed by atoms with Gasteiger partial charge in [0.1, 0.15) is 6.04 Å². The fourth-order valence-electron chi connectivity index (χ4n) is 2.76. The summed E-state index contributed by atoms with van der Waals surface area (Å²) in [5.41, 5.74) is 2.90. The van der Waals surface area contributed by atoms with Crippen molar-refractivity contribution >= 4 is 45.2 Å². The van der Waals surface area contributed by atoms with Gasteiger partial charge in [0.15, 0.2) is 0 Å².